The molecule has 21 heavy (non-hydrogen) atoms. The van der Waals surface area contributed by atoms with E-state index in [0.717, 1.165) is 30.4 Å². The summed E-state index contributed by atoms with van der Waals surface area (Å²) in [6, 6.07) is 10.4. The molecule has 0 saturated heterocycles. The van der Waals surface area contributed by atoms with Crippen LogP contribution in [0.4, 0.5) is 0 Å². The summed E-state index contributed by atoms with van der Waals surface area (Å²) >= 11 is 1.79. The topological polar surface area (TPSA) is 37.8 Å². The minimum absolute atomic E-state index is 0.655. The Labute approximate surface area is 131 Å². The van der Waals surface area contributed by atoms with Crippen molar-refractivity contribution in [3.05, 3.63) is 53.6 Å². The van der Waals surface area contributed by atoms with E-state index in [2.05, 4.69) is 60.3 Å². The van der Waals surface area contributed by atoms with Crippen LogP contribution < -0.4 is 5.32 Å². The molecule has 1 aromatic carbocycles. The fraction of sp³-hybridized carbons (Fsp3) is 0.412. The van der Waals surface area contributed by atoms with Crippen molar-refractivity contribution in [1.29, 1.82) is 0 Å². The van der Waals surface area contributed by atoms with Crippen LogP contribution in [0.1, 0.15) is 30.9 Å². The summed E-state index contributed by atoms with van der Waals surface area (Å²) in [6.07, 6.45) is 1.85. The summed E-state index contributed by atoms with van der Waals surface area (Å²) in [7, 11) is 0. The molecule has 2 aromatic rings. The number of thioether (sulfide) groups is 1. The number of hydrogen-bond acceptors (Lipinski definition) is 4. The van der Waals surface area contributed by atoms with Gasteiger partial charge in [0.15, 0.2) is 0 Å². The van der Waals surface area contributed by atoms with Gasteiger partial charge in [-0.05, 0) is 37.1 Å². The van der Waals surface area contributed by atoms with E-state index >= 15 is 0 Å². The maximum absolute atomic E-state index is 4.62. The smallest absolute Gasteiger partial charge is 0.138 e. The highest BCUT2D eigenvalue weighted by Gasteiger charge is 2.03. The average Bonchev–Trinajstić information content (AvgIpc) is 2.46. The lowest BCUT2D eigenvalue weighted by atomic mass is 10.2. The molecule has 112 valence electrons. The Morgan fingerprint density at radius 2 is 2.00 bits per heavy atom. The molecule has 1 aromatic heterocycles. The number of aromatic nitrogens is 2. The van der Waals surface area contributed by atoms with Crippen LogP contribution in [0.25, 0.3) is 0 Å². The van der Waals surface area contributed by atoms with Crippen LogP contribution in [-0.2, 0) is 12.3 Å². The molecule has 0 fully saturated rings. The summed E-state index contributed by atoms with van der Waals surface area (Å²) in [5.41, 5.74) is 2.36. The Hall–Kier alpha value is -1.39. The molecule has 0 atom stereocenters. The summed E-state index contributed by atoms with van der Waals surface area (Å²) in [4.78, 5) is 10.3. The molecule has 4 heteroatoms. The second-order valence-corrected chi connectivity index (χ2v) is 6.56. The van der Waals surface area contributed by atoms with Gasteiger partial charge in [-0.2, -0.15) is 0 Å². The van der Waals surface area contributed by atoms with Gasteiger partial charge >= 0.3 is 0 Å². The van der Waals surface area contributed by atoms with Crippen LogP contribution in [-0.4, -0.2) is 16.5 Å². The Morgan fingerprint density at radius 3 is 2.76 bits per heavy atom. The number of rotatable bonds is 7. The first-order valence-corrected chi connectivity index (χ1v) is 8.33. The first-order chi connectivity index (χ1) is 10.1. The molecule has 0 spiro atoms. The van der Waals surface area contributed by atoms with Crippen molar-refractivity contribution in [2.24, 2.45) is 5.92 Å². The van der Waals surface area contributed by atoms with Gasteiger partial charge in [0.05, 0.1) is 11.4 Å². The molecule has 3 nitrogen and oxygen atoms in total. The fourth-order valence-corrected chi connectivity index (χ4v) is 2.85. The molecule has 0 aliphatic heterocycles. The highest BCUT2D eigenvalue weighted by atomic mass is 32.2. The maximum Gasteiger partial charge on any atom is 0.138 e. The number of nitrogens with one attached hydrogen (secondary N) is 1. The van der Waals surface area contributed by atoms with E-state index in [1.54, 1.807) is 11.8 Å². The predicted octanol–water partition coefficient (Wildman–Crippen LogP) is 3.82. The van der Waals surface area contributed by atoms with Crippen LogP contribution in [0.2, 0.25) is 0 Å². The third-order valence-electron chi connectivity index (χ3n) is 3.07. The summed E-state index contributed by atoms with van der Waals surface area (Å²) in [5.74, 6) is 2.36. The van der Waals surface area contributed by atoms with Crippen LogP contribution >= 0.6 is 11.8 Å². The Kier molecular flexibility index (Phi) is 6.21. The van der Waals surface area contributed by atoms with Gasteiger partial charge in [-0.1, -0.05) is 32.0 Å². The largest absolute Gasteiger partial charge is 0.311 e. The zero-order valence-electron chi connectivity index (χ0n) is 13.0. The van der Waals surface area contributed by atoms with Gasteiger partial charge < -0.3 is 5.32 Å². The lowest BCUT2D eigenvalue weighted by Gasteiger charge is -2.08. The lowest BCUT2D eigenvalue weighted by molar-refractivity contribution is 0.547. The van der Waals surface area contributed by atoms with Crippen molar-refractivity contribution in [3.63, 3.8) is 0 Å². The van der Waals surface area contributed by atoms with Gasteiger partial charge in [-0.3, -0.25) is 0 Å². The molecule has 0 unspecified atom stereocenters. The quantitative estimate of drug-likeness (QED) is 0.789. The van der Waals surface area contributed by atoms with Crippen molar-refractivity contribution in [1.82, 2.24) is 15.3 Å². The summed E-state index contributed by atoms with van der Waals surface area (Å²) in [5, 5.41) is 3.41. The number of aryl methyl sites for hydroxylation is 1. The average molecular weight is 301 g/mol. The van der Waals surface area contributed by atoms with Gasteiger partial charge in [-0.15, -0.1) is 11.8 Å². The summed E-state index contributed by atoms with van der Waals surface area (Å²) < 4.78 is 0. The van der Waals surface area contributed by atoms with Crippen LogP contribution in [0.5, 0.6) is 0 Å². The van der Waals surface area contributed by atoms with Crippen LogP contribution in [0, 0.1) is 12.8 Å². The molecule has 0 amide bonds. The summed E-state index contributed by atoms with van der Waals surface area (Å²) in [6.45, 7) is 8.37. The van der Waals surface area contributed by atoms with Crippen molar-refractivity contribution >= 4 is 11.8 Å². The van der Waals surface area contributed by atoms with Gasteiger partial charge in [0.25, 0.3) is 0 Å². The Morgan fingerprint density at radius 1 is 1.19 bits per heavy atom. The van der Waals surface area contributed by atoms with E-state index in [1.807, 2.05) is 12.3 Å². The van der Waals surface area contributed by atoms with Crippen molar-refractivity contribution in [2.45, 2.75) is 38.0 Å². The van der Waals surface area contributed by atoms with E-state index in [-0.39, 0.29) is 0 Å². The highest BCUT2D eigenvalue weighted by molar-refractivity contribution is 7.98. The van der Waals surface area contributed by atoms with E-state index in [1.165, 1.54) is 10.5 Å². The van der Waals surface area contributed by atoms with Gasteiger partial charge in [0, 0.05) is 17.6 Å². The minimum atomic E-state index is 0.655. The molecule has 0 aliphatic carbocycles. The predicted molar refractivity (Wildman–Crippen MR) is 89.3 cm³/mol. The molecule has 0 aliphatic rings. The molecular weight excluding hydrogens is 278 g/mol. The Bertz CT molecular complexity index is 569. The van der Waals surface area contributed by atoms with Crippen LogP contribution in [0.3, 0.4) is 0 Å². The minimum Gasteiger partial charge on any atom is -0.311 e. The van der Waals surface area contributed by atoms with Crippen LogP contribution in [0.15, 0.2) is 41.4 Å². The number of hydrogen-bond donors (Lipinski definition) is 1. The molecule has 0 saturated carbocycles. The second-order valence-electron chi connectivity index (χ2n) is 5.54. The van der Waals surface area contributed by atoms with Crippen molar-refractivity contribution < 1.29 is 0 Å². The van der Waals surface area contributed by atoms with E-state index < -0.39 is 0 Å². The maximum atomic E-state index is 4.62. The third-order valence-corrected chi connectivity index (χ3v) is 4.24. The van der Waals surface area contributed by atoms with Crippen molar-refractivity contribution in [3.8, 4) is 0 Å². The van der Waals surface area contributed by atoms with E-state index in [0.29, 0.717) is 5.92 Å². The van der Waals surface area contributed by atoms with Gasteiger partial charge in [-0.25, -0.2) is 9.97 Å². The molecule has 0 bridgehead atoms. The number of benzene rings is 1. The monoisotopic (exact) mass is 301 g/mol. The van der Waals surface area contributed by atoms with E-state index in [9.17, 15) is 0 Å². The number of nitrogens with zero attached hydrogens (tertiary/aromatic N) is 2. The van der Waals surface area contributed by atoms with Crippen molar-refractivity contribution in [2.75, 3.05) is 6.54 Å². The molecule has 1 N–H and O–H groups in total. The molecule has 0 radical (unpaired) electrons. The molecular formula is C17H23N3S. The first kappa shape index (κ1) is 16.0. The van der Waals surface area contributed by atoms with Gasteiger partial charge in [0.2, 0.25) is 0 Å². The first-order valence-electron chi connectivity index (χ1n) is 7.35. The third kappa shape index (κ3) is 5.48. The zero-order chi connectivity index (χ0) is 15.1. The fourth-order valence-electron chi connectivity index (χ4n) is 1.96. The highest BCUT2D eigenvalue weighted by Crippen LogP contribution is 2.24. The Balaban J connectivity index is 1.90. The molecule has 2 rings (SSSR count). The molecule has 1 heterocycles. The normalized spacial score (nSPS) is 11.0. The zero-order valence-corrected chi connectivity index (χ0v) is 13.8. The lowest BCUT2D eigenvalue weighted by Crippen LogP contribution is -2.19. The van der Waals surface area contributed by atoms with E-state index in [4.69, 9.17) is 0 Å². The standard InChI is InChI=1S/C17H23N3S/c1-13(2)10-18-11-15-8-9-19-17(20-15)12-21-16-7-5-4-6-14(16)3/h4-9,13,18H,10-12H2,1-3H3. The van der Waals surface area contributed by atoms with Gasteiger partial charge in [0.1, 0.15) is 5.82 Å². The SMILES string of the molecule is Cc1ccccc1SCc1nccc(CNCC(C)C)n1. The second kappa shape index (κ2) is 8.15.